The van der Waals surface area contributed by atoms with Crippen LogP contribution in [0.5, 0.6) is 0 Å². The van der Waals surface area contributed by atoms with Crippen molar-refractivity contribution in [1.29, 1.82) is 0 Å². The summed E-state index contributed by atoms with van der Waals surface area (Å²) in [6, 6.07) is 10.6. The second-order valence-electron chi connectivity index (χ2n) is 6.83. The summed E-state index contributed by atoms with van der Waals surface area (Å²) in [6.45, 7) is 1.28. The molecule has 7 nitrogen and oxygen atoms in total. The second kappa shape index (κ2) is 8.45. The summed E-state index contributed by atoms with van der Waals surface area (Å²) in [4.78, 5) is 30.6. The molecule has 0 atom stereocenters. The van der Waals surface area contributed by atoms with Crippen molar-refractivity contribution in [2.45, 2.75) is 25.8 Å². The second-order valence-corrected chi connectivity index (χ2v) is 7.27. The molecule has 3 aromatic rings. The van der Waals surface area contributed by atoms with Crippen molar-refractivity contribution in [2.24, 2.45) is 0 Å². The van der Waals surface area contributed by atoms with Gasteiger partial charge in [-0.2, -0.15) is 5.10 Å². The van der Waals surface area contributed by atoms with Crippen LogP contribution in [0.3, 0.4) is 0 Å². The van der Waals surface area contributed by atoms with E-state index in [1.54, 1.807) is 46.2 Å². The molecule has 2 aromatic heterocycles. The van der Waals surface area contributed by atoms with Crippen LogP contribution in [0.15, 0.2) is 55.0 Å². The summed E-state index contributed by atoms with van der Waals surface area (Å²) in [6.07, 6.45) is 7.42. The Morgan fingerprint density at radius 3 is 2.76 bits per heavy atom. The van der Waals surface area contributed by atoms with Crippen LogP contribution in [0.2, 0.25) is 5.02 Å². The molecule has 148 valence electrons. The van der Waals surface area contributed by atoms with Gasteiger partial charge in [-0.3, -0.25) is 19.3 Å². The third-order valence-corrected chi connectivity index (χ3v) is 5.06. The van der Waals surface area contributed by atoms with E-state index >= 15 is 0 Å². The van der Waals surface area contributed by atoms with Gasteiger partial charge >= 0.3 is 0 Å². The normalized spacial score (nSPS) is 13.7. The monoisotopic (exact) mass is 409 g/mol. The van der Waals surface area contributed by atoms with Crippen molar-refractivity contribution in [3.8, 4) is 0 Å². The number of hydrogen-bond acceptors (Lipinski definition) is 4. The number of aromatic nitrogens is 3. The number of aryl methyl sites for hydroxylation is 2. The van der Waals surface area contributed by atoms with Crippen molar-refractivity contribution < 1.29 is 9.59 Å². The van der Waals surface area contributed by atoms with E-state index in [1.807, 2.05) is 18.3 Å². The zero-order valence-electron chi connectivity index (χ0n) is 15.7. The maximum Gasteiger partial charge on any atom is 0.258 e. The molecular weight excluding hydrogens is 390 g/mol. The lowest BCUT2D eigenvalue weighted by Gasteiger charge is -2.19. The van der Waals surface area contributed by atoms with Gasteiger partial charge in [0.25, 0.3) is 5.91 Å². The number of hydrogen-bond donors (Lipinski definition) is 1. The largest absolute Gasteiger partial charge is 0.312 e. The fourth-order valence-electron chi connectivity index (χ4n) is 3.35. The molecule has 8 heteroatoms. The Morgan fingerprint density at radius 1 is 1.17 bits per heavy atom. The molecule has 1 saturated heterocycles. The summed E-state index contributed by atoms with van der Waals surface area (Å²) >= 11 is 6.11. The van der Waals surface area contributed by atoms with E-state index in [2.05, 4.69) is 15.4 Å². The summed E-state index contributed by atoms with van der Waals surface area (Å²) in [5.74, 6) is 0.135. The molecule has 0 saturated carbocycles. The number of rotatable bonds is 6. The van der Waals surface area contributed by atoms with Gasteiger partial charge in [0.05, 0.1) is 11.3 Å². The number of pyridine rings is 1. The molecule has 0 unspecified atom stereocenters. The van der Waals surface area contributed by atoms with Crippen LogP contribution in [0.25, 0.3) is 0 Å². The lowest BCUT2D eigenvalue weighted by Crippen LogP contribution is -2.27. The average Bonchev–Trinajstić information content (AvgIpc) is 3.35. The minimum Gasteiger partial charge on any atom is -0.312 e. The van der Waals surface area contributed by atoms with Crippen molar-refractivity contribution in [2.75, 3.05) is 16.8 Å². The number of carbonyl (C=O) groups excluding carboxylic acids is 2. The number of carbonyl (C=O) groups is 2. The van der Waals surface area contributed by atoms with Gasteiger partial charge in [0.1, 0.15) is 0 Å². The number of benzene rings is 1. The van der Waals surface area contributed by atoms with E-state index in [0.29, 0.717) is 41.6 Å². The van der Waals surface area contributed by atoms with Crippen LogP contribution in [-0.4, -0.2) is 33.1 Å². The Morgan fingerprint density at radius 2 is 2.00 bits per heavy atom. The first-order chi connectivity index (χ1) is 14.1. The fourth-order valence-corrected chi connectivity index (χ4v) is 3.52. The quantitative estimate of drug-likeness (QED) is 0.675. The molecule has 3 heterocycles. The Kier molecular flexibility index (Phi) is 5.57. The SMILES string of the molecule is O=C(Nc1ccn(CCc2ccncc2)n1)c1ccc(Cl)cc1N1CCCC1=O. The topological polar surface area (TPSA) is 80.1 Å². The highest BCUT2D eigenvalue weighted by Gasteiger charge is 2.26. The smallest absolute Gasteiger partial charge is 0.258 e. The van der Waals surface area contributed by atoms with E-state index in [9.17, 15) is 9.59 Å². The molecule has 1 aliphatic rings. The molecule has 1 fully saturated rings. The number of halogens is 1. The van der Waals surface area contributed by atoms with Crippen molar-refractivity contribution in [3.63, 3.8) is 0 Å². The van der Waals surface area contributed by atoms with Gasteiger partial charge in [0.15, 0.2) is 5.82 Å². The molecule has 2 amide bonds. The molecule has 1 aliphatic heterocycles. The first-order valence-corrected chi connectivity index (χ1v) is 9.81. The maximum atomic E-state index is 12.8. The molecule has 0 aliphatic carbocycles. The molecule has 1 N–H and O–H groups in total. The minimum atomic E-state index is -0.323. The molecule has 29 heavy (non-hydrogen) atoms. The van der Waals surface area contributed by atoms with Crippen LogP contribution in [0.4, 0.5) is 11.5 Å². The average molecular weight is 410 g/mol. The van der Waals surface area contributed by atoms with Crippen LogP contribution in [0, 0.1) is 0 Å². The third-order valence-electron chi connectivity index (χ3n) is 4.83. The van der Waals surface area contributed by atoms with Crippen LogP contribution >= 0.6 is 11.6 Å². The van der Waals surface area contributed by atoms with Crippen molar-refractivity contribution >= 4 is 34.9 Å². The molecular formula is C21H20ClN5O2. The van der Waals surface area contributed by atoms with E-state index < -0.39 is 0 Å². The molecule has 0 radical (unpaired) electrons. The van der Waals surface area contributed by atoms with E-state index in [-0.39, 0.29) is 11.8 Å². The standard InChI is InChI=1S/C21H20ClN5O2/c22-16-3-4-17(18(14-16)27-11-1-2-20(27)28)21(29)24-19-8-13-26(25-19)12-7-15-5-9-23-10-6-15/h3-6,8-10,13-14H,1-2,7,11-12H2,(H,24,25,29). The molecule has 0 spiro atoms. The Balaban J connectivity index is 1.46. The number of amides is 2. The number of nitrogens with zero attached hydrogens (tertiary/aromatic N) is 4. The predicted molar refractivity (Wildman–Crippen MR) is 111 cm³/mol. The van der Waals surface area contributed by atoms with Gasteiger partial charge in [0, 0.05) is 49.2 Å². The predicted octanol–water partition coefficient (Wildman–Crippen LogP) is 3.55. The Bertz CT molecular complexity index is 1030. The lowest BCUT2D eigenvalue weighted by molar-refractivity contribution is -0.117. The first kappa shape index (κ1) is 19.1. The fraction of sp³-hybridized carbons (Fsp3) is 0.238. The van der Waals surface area contributed by atoms with Crippen molar-refractivity contribution in [3.05, 3.63) is 71.1 Å². The van der Waals surface area contributed by atoms with Gasteiger partial charge in [-0.15, -0.1) is 0 Å². The highest BCUT2D eigenvalue weighted by atomic mass is 35.5. The van der Waals surface area contributed by atoms with E-state index in [4.69, 9.17) is 11.6 Å². The van der Waals surface area contributed by atoms with Gasteiger partial charge in [0.2, 0.25) is 5.91 Å². The molecule has 4 rings (SSSR count). The van der Waals surface area contributed by atoms with Gasteiger partial charge < -0.3 is 10.2 Å². The van der Waals surface area contributed by atoms with E-state index in [0.717, 1.165) is 12.8 Å². The van der Waals surface area contributed by atoms with Crippen molar-refractivity contribution in [1.82, 2.24) is 14.8 Å². The number of anilines is 2. The minimum absolute atomic E-state index is 0.00158. The Labute approximate surface area is 173 Å². The van der Waals surface area contributed by atoms with Crippen LogP contribution < -0.4 is 10.2 Å². The molecule has 0 bridgehead atoms. The van der Waals surface area contributed by atoms with Gasteiger partial charge in [-0.1, -0.05) is 11.6 Å². The summed E-state index contributed by atoms with van der Waals surface area (Å²) in [7, 11) is 0. The number of nitrogens with one attached hydrogen (secondary N) is 1. The van der Waals surface area contributed by atoms with Gasteiger partial charge in [-0.25, -0.2) is 0 Å². The van der Waals surface area contributed by atoms with E-state index in [1.165, 1.54) is 5.56 Å². The first-order valence-electron chi connectivity index (χ1n) is 9.44. The van der Waals surface area contributed by atoms with Gasteiger partial charge in [-0.05, 0) is 48.7 Å². The highest BCUT2D eigenvalue weighted by molar-refractivity contribution is 6.31. The highest BCUT2D eigenvalue weighted by Crippen LogP contribution is 2.29. The summed E-state index contributed by atoms with van der Waals surface area (Å²) in [5.41, 5.74) is 2.10. The third kappa shape index (κ3) is 4.46. The zero-order valence-corrected chi connectivity index (χ0v) is 16.5. The van der Waals surface area contributed by atoms with Crippen LogP contribution in [0.1, 0.15) is 28.8 Å². The van der Waals surface area contributed by atoms with Crippen LogP contribution in [-0.2, 0) is 17.8 Å². The summed E-state index contributed by atoms with van der Waals surface area (Å²) < 4.78 is 1.78. The zero-order chi connectivity index (χ0) is 20.2. The lowest BCUT2D eigenvalue weighted by atomic mass is 10.1. The molecule has 1 aromatic carbocycles. The maximum absolute atomic E-state index is 12.8. The summed E-state index contributed by atoms with van der Waals surface area (Å²) in [5, 5.41) is 7.71. The Hall–Kier alpha value is -3.19.